The lowest BCUT2D eigenvalue weighted by Gasteiger charge is -2.45. The Morgan fingerprint density at radius 2 is 2.00 bits per heavy atom. The highest BCUT2D eigenvalue weighted by Crippen LogP contribution is 2.52. The summed E-state index contributed by atoms with van der Waals surface area (Å²) in [6.07, 6.45) is 3.36. The smallest absolute Gasteiger partial charge is 0.387 e. The van der Waals surface area contributed by atoms with Crippen molar-refractivity contribution in [3.8, 4) is 17.0 Å². The molecule has 7 rings (SSSR count). The predicted molar refractivity (Wildman–Crippen MR) is 115 cm³/mol. The second-order valence-electron chi connectivity index (χ2n) is 9.47. The molecule has 6 heterocycles. The average Bonchev–Trinajstić information content (AvgIpc) is 3.20. The van der Waals surface area contributed by atoms with Gasteiger partial charge >= 0.3 is 6.61 Å². The summed E-state index contributed by atoms with van der Waals surface area (Å²) in [4.78, 5) is 17.3. The summed E-state index contributed by atoms with van der Waals surface area (Å²) in [5.41, 5.74) is 6.54. The van der Waals surface area contributed by atoms with Gasteiger partial charge in [-0.1, -0.05) is 0 Å². The van der Waals surface area contributed by atoms with Gasteiger partial charge in [0.25, 0.3) is 5.92 Å². The maximum Gasteiger partial charge on any atom is 0.387 e. The van der Waals surface area contributed by atoms with Crippen molar-refractivity contribution in [1.29, 1.82) is 0 Å². The van der Waals surface area contributed by atoms with Crippen LogP contribution in [0.4, 0.5) is 35.1 Å². The summed E-state index contributed by atoms with van der Waals surface area (Å²) >= 11 is 0. The highest BCUT2D eigenvalue weighted by molar-refractivity contribution is 5.68. The Labute approximate surface area is 193 Å². The standard InChI is InChI=1S/C22H24F4N6O2/c23-20(24)34-17-3-11(6-28-19(17)27)16-4-18(32-8-14-2-1-13(32)10-33-14)30-21(29-16)31-7-12-5-22(25,26)15(12)9-31/h3-4,6,12-15,20H,1-2,5,7-10H2,(H2,27,28)/t12?,13-,14-,15?/m0/s1. The number of halogens is 4. The number of rotatable bonds is 5. The molecule has 5 fully saturated rings. The van der Waals surface area contributed by atoms with Gasteiger partial charge in [0.15, 0.2) is 11.6 Å². The number of aromatic nitrogens is 3. The van der Waals surface area contributed by atoms with Crippen molar-refractivity contribution in [2.24, 2.45) is 11.8 Å². The summed E-state index contributed by atoms with van der Waals surface area (Å²) in [6, 6.07) is 3.28. The first kappa shape index (κ1) is 21.6. The Hall–Kier alpha value is -2.89. The molecule has 182 valence electrons. The molecule has 1 aliphatic carbocycles. The van der Waals surface area contributed by atoms with Crippen LogP contribution in [0.5, 0.6) is 5.75 Å². The SMILES string of the molecule is Nc1ncc(-c2cc(N3C[C@@H]4CC[C@H]3CO4)nc(N3CC4CC(F)(F)C4C3)n2)cc1OC(F)F. The maximum absolute atomic E-state index is 14.0. The van der Waals surface area contributed by atoms with E-state index in [1.165, 1.54) is 12.3 Å². The first-order valence-corrected chi connectivity index (χ1v) is 11.4. The molecule has 4 atom stereocenters. The van der Waals surface area contributed by atoms with Crippen LogP contribution < -0.4 is 20.3 Å². The van der Waals surface area contributed by atoms with Gasteiger partial charge in [-0.05, 0) is 24.8 Å². The van der Waals surface area contributed by atoms with Gasteiger partial charge in [-0.3, -0.25) is 0 Å². The molecule has 34 heavy (non-hydrogen) atoms. The summed E-state index contributed by atoms with van der Waals surface area (Å²) in [7, 11) is 0. The van der Waals surface area contributed by atoms with Gasteiger partial charge in [0.05, 0.1) is 24.4 Å². The Balaban J connectivity index is 1.39. The summed E-state index contributed by atoms with van der Waals surface area (Å²) in [5.74, 6) is -2.88. The molecule has 0 aromatic carbocycles. The first-order chi connectivity index (χ1) is 16.3. The molecule has 2 unspecified atom stereocenters. The zero-order valence-electron chi connectivity index (χ0n) is 18.2. The number of morpholine rings is 1. The third kappa shape index (κ3) is 3.68. The van der Waals surface area contributed by atoms with Crippen LogP contribution in [0.15, 0.2) is 18.3 Å². The van der Waals surface area contributed by atoms with Crippen molar-refractivity contribution >= 4 is 17.6 Å². The Morgan fingerprint density at radius 1 is 1.15 bits per heavy atom. The topological polar surface area (TPSA) is 89.6 Å². The van der Waals surface area contributed by atoms with E-state index in [4.69, 9.17) is 15.5 Å². The quantitative estimate of drug-likeness (QED) is 0.653. The molecule has 12 heteroatoms. The minimum atomic E-state index is -3.05. The zero-order valence-corrected chi connectivity index (χ0v) is 18.2. The molecule has 2 aromatic heterocycles. The number of ether oxygens (including phenoxy) is 2. The molecule has 0 amide bonds. The number of alkyl halides is 4. The normalized spacial score (nSPS) is 29.3. The van der Waals surface area contributed by atoms with Crippen molar-refractivity contribution in [1.82, 2.24) is 15.0 Å². The van der Waals surface area contributed by atoms with E-state index in [1.54, 1.807) is 11.0 Å². The number of hydrogen-bond acceptors (Lipinski definition) is 8. The van der Waals surface area contributed by atoms with Gasteiger partial charge in [-0.25, -0.2) is 18.7 Å². The predicted octanol–water partition coefficient (Wildman–Crippen LogP) is 3.18. The number of nitrogen functional groups attached to an aromatic ring is 1. The van der Waals surface area contributed by atoms with Gasteiger partial charge in [0, 0.05) is 49.8 Å². The minimum absolute atomic E-state index is 0.0886. The number of hydrogen-bond donors (Lipinski definition) is 1. The van der Waals surface area contributed by atoms with E-state index >= 15 is 0 Å². The molecule has 4 aliphatic heterocycles. The summed E-state index contributed by atoms with van der Waals surface area (Å²) in [6.45, 7) is -1.16. The summed E-state index contributed by atoms with van der Waals surface area (Å²) in [5, 5.41) is 0. The Kier molecular flexibility index (Phi) is 4.98. The van der Waals surface area contributed by atoms with Crippen LogP contribution in [0.2, 0.25) is 0 Å². The zero-order chi connectivity index (χ0) is 23.6. The molecule has 8 nitrogen and oxygen atoms in total. The van der Waals surface area contributed by atoms with Gasteiger partial charge < -0.3 is 25.0 Å². The van der Waals surface area contributed by atoms with Crippen molar-refractivity contribution < 1.29 is 27.0 Å². The van der Waals surface area contributed by atoms with Gasteiger partial charge in [-0.2, -0.15) is 13.8 Å². The molecule has 0 spiro atoms. The van der Waals surface area contributed by atoms with Crippen LogP contribution in [0, 0.1) is 11.8 Å². The van der Waals surface area contributed by atoms with E-state index < -0.39 is 18.5 Å². The molecule has 5 aliphatic rings. The van der Waals surface area contributed by atoms with E-state index in [-0.39, 0.29) is 42.6 Å². The van der Waals surface area contributed by atoms with Crippen molar-refractivity contribution in [3.05, 3.63) is 18.3 Å². The van der Waals surface area contributed by atoms with Crippen molar-refractivity contribution in [3.63, 3.8) is 0 Å². The second-order valence-corrected chi connectivity index (χ2v) is 9.47. The van der Waals surface area contributed by atoms with E-state index in [0.29, 0.717) is 42.7 Å². The van der Waals surface area contributed by atoms with Crippen LogP contribution >= 0.6 is 0 Å². The van der Waals surface area contributed by atoms with Gasteiger partial charge in [0.2, 0.25) is 5.95 Å². The van der Waals surface area contributed by atoms with Crippen LogP contribution in [-0.2, 0) is 4.74 Å². The Morgan fingerprint density at radius 3 is 2.65 bits per heavy atom. The largest absolute Gasteiger partial charge is 0.431 e. The fraction of sp³-hybridized carbons (Fsp3) is 0.591. The van der Waals surface area contributed by atoms with Crippen LogP contribution in [0.3, 0.4) is 0 Å². The van der Waals surface area contributed by atoms with Gasteiger partial charge in [-0.15, -0.1) is 0 Å². The molecular weight excluding hydrogens is 456 g/mol. The summed E-state index contributed by atoms with van der Waals surface area (Å²) < 4.78 is 63.9. The lowest BCUT2D eigenvalue weighted by Crippen LogP contribution is -2.55. The molecule has 1 saturated carbocycles. The van der Waals surface area contributed by atoms with Crippen molar-refractivity contribution in [2.75, 3.05) is 41.8 Å². The molecule has 2 N–H and O–H groups in total. The monoisotopic (exact) mass is 480 g/mol. The molecule has 0 radical (unpaired) electrons. The van der Waals surface area contributed by atoms with E-state index in [9.17, 15) is 17.6 Å². The molecule has 2 bridgehead atoms. The molecular formula is C22H24F4N6O2. The fourth-order valence-electron chi connectivity index (χ4n) is 5.54. The fourth-order valence-corrected chi connectivity index (χ4v) is 5.54. The lowest BCUT2D eigenvalue weighted by atomic mass is 9.72. The number of pyridine rings is 1. The number of fused-ring (bicyclic) bond motifs is 4. The third-order valence-electron chi connectivity index (χ3n) is 7.38. The minimum Gasteiger partial charge on any atom is -0.431 e. The van der Waals surface area contributed by atoms with E-state index in [1.807, 2.05) is 0 Å². The molecule has 4 saturated heterocycles. The maximum atomic E-state index is 14.0. The van der Waals surface area contributed by atoms with E-state index in [2.05, 4.69) is 19.6 Å². The van der Waals surface area contributed by atoms with Crippen LogP contribution in [0.1, 0.15) is 19.3 Å². The number of piperidine rings is 1. The number of nitrogens with zero attached hydrogens (tertiary/aromatic N) is 5. The highest BCUT2D eigenvalue weighted by Gasteiger charge is 2.60. The highest BCUT2D eigenvalue weighted by atomic mass is 19.3. The van der Waals surface area contributed by atoms with Gasteiger partial charge in [0.1, 0.15) is 5.82 Å². The lowest BCUT2D eigenvalue weighted by molar-refractivity contribution is -0.152. The average molecular weight is 480 g/mol. The molecule has 2 aromatic rings. The van der Waals surface area contributed by atoms with E-state index in [0.717, 1.165) is 12.8 Å². The second kappa shape index (κ2) is 7.82. The first-order valence-electron chi connectivity index (χ1n) is 11.4. The van der Waals surface area contributed by atoms with Crippen LogP contribution in [-0.4, -0.2) is 65.9 Å². The number of nitrogens with two attached hydrogens (primary N) is 1. The number of anilines is 3. The van der Waals surface area contributed by atoms with Crippen LogP contribution in [0.25, 0.3) is 11.3 Å². The van der Waals surface area contributed by atoms with Crippen molar-refractivity contribution in [2.45, 2.75) is 43.9 Å². The third-order valence-corrected chi connectivity index (χ3v) is 7.38. The Bertz CT molecular complexity index is 1100.